The molecular weight excluding hydrogens is 332 g/mol. The lowest BCUT2D eigenvalue weighted by Crippen LogP contribution is -2.32. The lowest BCUT2D eigenvalue weighted by Gasteiger charge is -2.17. The minimum atomic E-state index is 0.357. The van der Waals surface area contributed by atoms with E-state index in [1.165, 1.54) is 0 Å². The second-order valence-corrected chi connectivity index (χ2v) is 6.29. The molecule has 1 unspecified atom stereocenters. The second kappa shape index (κ2) is 7.66. The van der Waals surface area contributed by atoms with Crippen LogP contribution in [0.25, 0.3) is 11.5 Å². The Morgan fingerprint density at radius 2 is 2.19 bits per heavy atom. The van der Waals surface area contributed by atoms with Gasteiger partial charge in [0.25, 0.3) is 0 Å². The van der Waals surface area contributed by atoms with Crippen molar-refractivity contribution in [2.24, 2.45) is 5.92 Å². The first-order valence-corrected chi connectivity index (χ1v) is 8.06. The average Bonchev–Trinajstić information content (AvgIpc) is 2.87. The molecule has 1 N–H and O–H groups in total. The van der Waals surface area contributed by atoms with Crippen LogP contribution in [0.1, 0.15) is 33.1 Å². The molecule has 0 saturated carbocycles. The van der Waals surface area contributed by atoms with Crippen molar-refractivity contribution in [3.63, 3.8) is 0 Å². The van der Waals surface area contributed by atoms with Crippen LogP contribution < -0.4 is 5.32 Å². The second-order valence-electron chi connectivity index (χ2n) is 5.43. The molecule has 0 aliphatic carbocycles. The highest BCUT2D eigenvalue weighted by Gasteiger charge is 2.17. The highest BCUT2D eigenvalue weighted by atomic mass is 79.9. The molecule has 114 valence electrons. The van der Waals surface area contributed by atoms with Crippen LogP contribution in [-0.4, -0.2) is 27.7 Å². The van der Waals surface area contributed by atoms with Gasteiger partial charge in [0.15, 0.2) is 0 Å². The van der Waals surface area contributed by atoms with E-state index in [1.807, 2.05) is 12.1 Å². The van der Waals surface area contributed by atoms with Crippen LogP contribution >= 0.6 is 15.9 Å². The molecule has 0 aromatic carbocycles. The van der Waals surface area contributed by atoms with Crippen molar-refractivity contribution >= 4 is 15.9 Å². The van der Waals surface area contributed by atoms with Gasteiger partial charge in [-0.1, -0.05) is 25.9 Å². The van der Waals surface area contributed by atoms with E-state index >= 15 is 0 Å². The number of nitrogens with one attached hydrogen (secondary N) is 1. The highest BCUT2D eigenvalue weighted by molar-refractivity contribution is 9.10. The molecule has 0 amide bonds. The number of aromatic nitrogens is 3. The molecule has 0 fully saturated rings. The zero-order chi connectivity index (χ0) is 15.2. The predicted molar refractivity (Wildman–Crippen MR) is 85.9 cm³/mol. The van der Waals surface area contributed by atoms with Gasteiger partial charge in [0.1, 0.15) is 5.69 Å². The van der Waals surface area contributed by atoms with Crippen molar-refractivity contribution in [2.75, 3.05) is 6.54 Å². The van der Waals surface area contributed by atoms with Gasteiger partial charge < -0.3 is 9.84 Å². The van der Waals surface area contributed by atoms with Crippen molar-refractivity contribution in [2.45, 2.75) is 39.7 Å². The van der Waals surface area contributed by atoms with E-state index in [4.69, 9.17) is 4.52 Å². The van der Waals surface area contributed by atoms with Crippen LogP contribution in [0, 0.1) is 5.92 Å². The lowest BCUT2D eigenvalue weighted by atomic mass is 10.0. The maximum atomic E-state index is 5.37. The summed E-state index contributed by atoms with van der Waals surface area (Å²) in [4.78, 5) is 8.74. The fourth-order valence-electron chi connectivity index (χ4n) is 2.29. The summed E-state index contributed by atoms with van der Waals surface area (Å²) in [6.45, 7) is 7.48. The molecule has 0 bridgehead atoms. The number of nitrogens with zero attached hydrogens (tertiary/aromatic N) is 3. The van der Waals surface area contributed by atoms with Gasteiger partial charge in [-0.15, -0.1) is 0 Å². The summed E-state index contributed by atoms with van der Waals surface area (Å²) >= 11 is 3.45. The highest BCUT2D eigenvalue weighted by Crippen LogP contribution is 2.23. The number of hydrogen-bond acceptors (Lipinski definition) is 5. The first-order chi connectivity index (χ1) is 10.1. The molecule has 0 radical (unpaired) electrons. The fraction of sp³-hybridized carbons (Fsp3) is 0.533. The number of pyridine rings is 1. The van der Waals surface area contributed by atoms with Crippen molar-refractivity contribution in [3.05, 3.63) is 28.7 Å². The summed E-state index contributed by atoms with van der Waals surface area (Å²) in [5.41, 5.74) is 0.705. The number of hydrogen-bond donors (Lipinski definition) is 1. The van der Waals surface area contributed by atoms with E-state index in [1.54, 1.807) is 6.20 Å². The van der Waals surface area contributed by atoms with Gasteiger partial charge in [-0.25, -0.2) is 0 Å². The van der Waals surface area contributed by atoms with Gasteiger partial charge in [-0.05, 0) is 46.9 Å². The Kier molecular flexibility index (Phi) is 5.87. The summed E-state index contributed by atoms with van der Waals surface area (Å²) < 4.78 is 6.23. The molecule has 5 nitrogen and oxygen atoms in total. The summed E-state index contributed by atoms with van der Waals surface area (Å²) in [7, 11) is 0. The first-order valence-electron chi connectivity index (χ1n) is 7.27. The van der Waals surface area contributed by atoms with Crippen LogP contribution in [0.5, 0.6) is 0 Å². The van der Waals surface area contributed by atoms with Crippen molar-refractivity contribution in [1.82, 2.24) is 20.4 Å². The smallest absolute Gasteiger partial charge is 0.228 e. The Labute approximate surface area is 133 Å². The number of likely N-dealkylation sites (N-methyl/N-ethyl adjacent to an activating group) is 1. The SMILES string of the molecule is CCNC(Cc1nc(-c2ncccc2Br)no1)CC(C)C. The maximum absolute atomic E-state index is 5.37. The van der Waals surface area contributed by atoms with Crippen molar-refractivity contribution in [3.8, 4) is 11.5 Å². The quantitative estimate of drug-likeness (QED) is 0.826. The van der Waals surface area contributed by atoms with E-state index in [-0.39, 0.29) is 0 Å². The molecule has 2 aromatic rings. The molecule has 6 heteroatoms. The van der Waals surface area contributed by atoms with Gasteiger partial charge in [0.2, 0.25) is 11.7 Å². The normalized spacial score (nSPS) is 12.8. The molecule has 2 heterocycles. The van der Waals surface area contributed by atoms with Gasteiger partial charge in [0.05, 0.1) is 0 Å². The molecule has 1 atom stereocenters. The standard InChI is InChI=1S/C15H21BrN4O/c1-4-17-11(8-10(2)3)9-13-19-15(20-21-13)14-12(16)6-5-7-18-14/h5-7,10-11,17H,4,8-9H2,1-3H3. The van der Waals surface area contributed by atoms with E-state index in [9.17, 15) is 0 Å². The van der Waals surface area contributed by atoms with Gasteiger partial charge in [-0.3, -0.25) is 4.98 Å². The number of rotatable bonds is 7. The van der Waals surface area contributed by atoms with Crippen LogP contribution in [0.3, 0.4) is 0 Å². The predicted octanol–water partition coefficient (Wildman–Crippen LogP) is 3.46. The zero-order valence-electron chi connectivity index (χ0n) is 12.6. The van der Waals surface area contributed by atoms with E-state index in [0.717, 1.165) is 23.9 Å². The topological polar surface area (TPSA) is 63.8 Å². The Morgan fingerprint density at radius 3 is 2.86 bits per heavy atom. The van der Waals surface area contributed by atoms with Crippen LogP contribution in [0.15, 0.2) is 27.3 Å². The summed E-state index contributed by atoms with van der Waals surface area (Å²) in [6, 6.07) is 4.13. The fourth-order valence-corrected chi connectivity index (χ4v) is 2.72. The Morgan fingerprint density at radius 1 is 1.38 bits per heavy atom. The van der Waals surface area contributed by atoms with Gasteiger partial charge >= 0.3 is 0 Å². The van der Waals surface area contributed by atoms with Crippen LogP contribution in [0.4, 0.5) is 0 Å². The van der Waals surface area contributed by atoms with Crippen LogP contribution in [-0.2, 0) is 6.42 Å². The average molecular weight is 353 g/mol. The van der Waals surface area contributed by atoms with Crippen LogP contribution in [0.2, 0.25) is 0 Å². The molecule has 2 aromatic heterocycles. The maximum Gasteiger partial charge on any atom is 0.228 e. The molecule has 0 saturated heterocycles. The molecule has 0 aliphatic rings. The Balaban J connectivity index is 2.10. The third-order valence-corrected chi connectivity index (χ3v) is 3.75. The molecule has 0 spiro atoms. The van der Waals surface area contributed by atoms with E-state index < -0.39 is 0 Å². The monoisotopic (exact) mass is 352 g/mol. The van der Waals surface area contributed by atoms with Crippen molar-refractivity contribution in [1.29, 1.82) is 0 Å². The summed E-state index contributed by atoms with van der Waals surface area (Å²) in [5, 5.41) is 7.50. The molecular formula is C15H21BrN4O. The van der Waals surface area contributed by atoms with Crippen molar-refractivity contribution < 1.29 is 4.52 Å². The Bertz CT molecular complexity index is 570. The minimum absolute atomic E-state index is 0.357. The molecule has 0 aliphatic heterocycles. The van der Waals surface area contributed by atoms with Gasteiger partial charge in [0, 0.05) is 23.1 Å². The van der Waals surface area contributed by atoms with E-state index in [0.29, 0.717) is 29.4 Å². The third-order valence-electron chi connectivity index (χ3n) is 3.11. The zero-order valence-corrected chi connectivity index (χ0v) is 14.2. The number of halogens is 1. The third kappa shape index (κ3) is 4.61. The molecule has 2 rings (SSSR count). The molecule has 21 heavy (non-hydrogen) atoms. The minimum Gasteiger partial charge on any atom is -0.339 e. The first kappa shape index (κ1) is 16.1. The van der Waals surface area contributed by atoms with E-state index in [2.05, 4.69) is 57.1 Å². The lowest BCUT2D eigenvalue weighted by molar-refractivity contribution is 0.340. The Hall–Kier alpha value is -1.27. The summed E-state index contributed by atoms with van der Waals surface area (Å²) in [6.07, 6.45) is 3.54. The van der Waals surface area contributed by atoms with Gasteiger partial charge in [-0.2, -0.15) is 4.98 Å². The largest absolute Gasteiger partial charge is 0.339 e. The summed E-state index contributed by atoms with van der Waals surface area (Å²) in [5.74, 6) is 1.80.